The van der Waals surface area contributed by atoms with E-state index in [1.54, 1.807) is 18.6 Å². The summed E-state index contributed by atoms with van der Waals surface area (Å²) in [6.07, 6.45) is 5.28. The normalized spacial score (nSPS) is 10.1. The van der Waals surface area contributed by atoms with E-state index in [4.69, 9.17) is 0 Å². The summed E-state index contributed by atoms with van der Waals surface area (Å²) >= 11 is 3.41. The van der Waals surface area contributed by atoms with Gasteiger partial charge in [0.05, 0.1) is 10.2 Å². The quantitative estimate of drug-likeness (QED) is 0.780. The second-order valence-electron chi connectivity index (χ2n) is 2.86. The Morgan fingerprint density at radius 2 is 2.14 bits per heavy atom. The van der Waals surface area contributed by atoms with Gasteiger partial charge >= 0.3 is 0 Å². The van der Waals surface area contributed by atoms with Crippen molar-refractivity contribution >= 4 is 15.9 Å². The van der Waals surface area contributed by atoms with Gasteiger partial charge < -0.3 is 0 Å². The maximum Gasteiger partial charge on any atom is 0.125 e. The van der Waals surface area contributed by atoms with Crippen LogP contribution in [0.2, 0.25) is 0 Å². The van der Waals surface area contributed by atoms with Crippen LogP contribution < -0.4 is 0 Å². The van der Waals surface area contributed by atoms with Crippen molar-refractivity contribution in [2.45, 2.75) is 6.92 Å². The molecule has 0 aliphatic rings. The van der Waals surface area contributed by atoms with Gasteiger partial charge in [-0.3, -0.25) is 4.98 Å². The smallest absolute Gasteiger partial charge is 0.125 e. The highest BCUT2D eigenvalue weighted by Gasteiger charge is 2.05. The first-order valence-electron chi connectivity index (χ1n) is 4.17. The lowest BCUT2D eigenvalue weighted by Crippen LogP contribution is -1.92. The fourth-order valence-electron chi connectivity index (χ4n) is 1.16. The maximum absolute atomic E-state index is 4.34. The Bertz CT molecular complexity index is 442. The van der Waals surface area contributed by atoms with Crippen molar-refractivity contribution in [1.29, 1.82) is 0 Å². The zero-order chi connectivity index (χ0) is 9.97. The Labute approximate surface area is 90.4 Å². The van der Waals surface area contributed by atoms with Crippen LogP contribution in [0.3, 0.4) is 0 Å². The minimum absolute atomic E-state index is 0.757. The lowest BCUT2D eigenvalue weighted by molar-refractivity contribution is 1.05. The molecule has 0 saturated carbocycles. The van der Waals surface area contributed by atoms with Crippen LogP contribution in [-0.2, 0) is 0 Å². The van der Waals surface area contributed by atoms with E-state index in [9.17, 15) is 0 Å². The Hall–Kier alpha value is -1.29. The van der Waals surface area contributed by atoms with Gasteiger partial charge in [0, 0.05) is 24.2 Å². The van der Waals surface area contributed by atoms with Crippen molar-refractivity contribution in [3.05, 3.63) is 41.0 Å². The fourth-order valence-corrected chi connectivity index (χ4v) is 1.58. The molecular weight excluding hydrogens is 242 g/mol. The highest BCUT2D eigenvalue weighted by molar-refractivity contribution is 9.10. The maximum atomic E-state index is 4.34. The number of aryl methyl sites for hydroxylation is 1. The van der Waals surface area contributed by atoms with Crippen molar-refractivity contribution in [1.82, 2.24) is 15.0 Å². The zero-order valence-corrected chi connectivity index (χ0v) is 9.19. The molecule has 0 fully saturated rings. The van der Waals surface area contributed by atoms with Gasteiger partial charge in [0.2, 0.25) is 0 Å². The van der Waals surface area contributed by atoms with E-state index in [-0.39, 0.29) is 0 Å². The van der Waals surface area contributed by atoms with Gasteiger partial charge in [0.15, 0.2) is 0 Å². The molecular formula is C10H8BrN3. The Morgan fingerprint density at radius 3 is 2.86 bits per heavy atom. The van der Waals surface area contributed by atoms with Crippen molar-refractivity contribution in [3.8, 4) is 11.3 Å². The minimum atomic E-state index is 0.757. The summed E-state index contributed by atoms with van der Waals surface area (Å²) in [6, 6.07) is 3.86. The van der Waals surface area contributed by atoms with Gasteiger partial charge in [-0.05, 0) is 35.0 Å². The van der Waals surface area contributed by atoms with Crippen molar-refractivity contribution in [3.63, 3.8) is 0 Å². The lowest BCUT2D eigenvalue weighted by atomic mass is 10.2. The summed E-state index contributed by atoms with van der Waals surface area (Å²) in [6.45, 7) is 1.87. The molecule has 14 heavy (non-hydrogen) atoms. The molecule has 2 rings (SSSR count). The molecule has 0 aromatic carbocycles. The summed E-state index contributed by atoms with van der Waals surface area (Å²) in [5.41, 5.74) is 1.87. The van der Waals surface area contributed by atoms with E-state index in [0.29, 0.717) is 0 Å². The zero-order valence-electron chi connectivity index (χ0n) is 7.61. The van der Waals surface area contributed by atoms with Crippen LogP contribution in [-0.4, -0.2) is 15.0 Å². The SMILES string of the molecule is Cc1ncc(Br)c(-c2cccnc2)n1. The molecule has 2 aromatic rings. The molecule has 0 aliphatic carbocycles. The lowest BCUT2D eigenvalue weighted by Gasteiger charge is -2.02. The number of halogens is 1. The molecule has 4 heteroatoms. The third-order valence-corrected chi connectivity index (χ3v) is 2.38. The van der Waals surface area contributed by atoms with E-state index in [1.807, 2.05) is 19.1 Å². The first-order valence-corrected chi connectivity index (χ1v) is 4.96. The number of hydrogen-bond donors (Lipinski definition) is 0. The number of pyridine rings is 1. The Balaban J connectivity index is 2.57. The van der Waals surface area contributed by atoms with Gasteiger partial charge in [-0.1, -0.05) is 0 Å². The molecule has 2 aromatic heterocycles. The third kappa shape index (κ3) is 1.80. The molecule has 0 N–H and O–H groups in total. The number of hydrogen-bond acceptors (Lipinski definition) is 3. The van der Waals surface area contributed by atoms with Crippen LogP contribution in [0.15, 0.2) is 35.2 Å². The van der Waals surface area contributed by atoms with Crippen LogP contribution >= 0.6 is 15.9 Å². The molecule has 0 atom stereocenters. The van der Waals surface area contributed by atoms with E-state index in [1.165, 1.54) is 0 Å². The van der Waals surface area contributed by atoms with Crippen molar-refractivity contribution in [2.24, 2.45) is 0 Å². The molecule has 70 valence electrons. The summed E-state index contributed by atoms with van der Waals surface area (Å²) in [5, 5.41) is 0. The second kappa shape index (κ2) is 3.84. The largest absolute Gasteiger partial charge is 0.264 e. The average molecular weight is 250 g/mol. The third-order valence-electron chi connectivity index (χ3n) is 1.80. The van der Waals surface area contributed by atoms with E-state index >= 15 is 0 Å². The van der Waals surface area contributed by atoms with Gasteiger partial charge in [-0.2, -0.15) is 0 Å². The minimum Gasteiger partial charge on any atom is -0.264 e. The number of aromatic nitrogens is 3. The highest BCUT2D eigenvalue weighted by Crippen LogP contribution is 2.24. The van der Waals surface area contributed by atoms with Crippen molar-refractivity contribution < 1.29 is 0 Å². The van der Waals surface area contributed by atoms with Crippen LogP contribution in [0.4, 0.5) is 0 Å². The Kier molecular flexibility index (Phi) is 2.54. The first kappa shape index (κ1) is 9.27. The second-order valence-corrected chi connectivity index (χ2v) is 3.71. The van der Waals surface area contributed by atoms with Gasteiger partial charge in [0.25, 0.3) is 0 Å². The molecule has 0 radical (unpaired) electrons. The molecule has 0 aliphatic heterocycles. The van der Waals surface area contributed by atoms with Gasteiger partial charge in [-0.15, -0.1) is 0 Å². The highest BCUT2D eigenvalue weighted by atomic mass is 79.9. The number of rotatable bonds is 1. The van der Waals surface area contributed by atoms with Crippen LogP contribution in [0.25, 0.3) is 11.3 Å². The van der Waals surface area contributed by atoms with E-state index in [2.05, 4.69) is 30.9 Å². The monoisotopic (exact) mass is 249 g/mol. The molecule has 2 heterocycles. The molecule has 0 unspecified atom stereocenters. The van der Waals surface area contributed by atoms with Crippen LogP contribution in [0, 0.1) is 6.92 Å². The van der Waals surface area contributed by atoms with Crippen LogP contribution in [0.5, 0.6) is 0 Å². The first-order chi connectivity index (χ1) is 6.77. The van der Waals surface area contributed by atoms with Gasteiger partial charge in [-0.25, -0.2) is 9.97 Å². The topological polar surface area (TPSA) is 38.7 Å². The van der Waals surface area contributed by atoms with E-state index in [0.717, 1.165) is 21.6 Å². The summed E-state index contributed by atoms with van der Waals surface area (Å²) < 4.78 is 0.885. The molecule has 0 spiro atoms. The predicted octanol–water partition coefficient (Wildman–Crippen LogP) is 2.61. The van der Waals surface area contributed by atoms with Crippen LogP contribution in [0.1, 0.15) is 5.82 Å². The van der Waals surface area contributed by atoms with Crippen molar-refractivity contribution in [2.75, 3.05) is 0 Å². The summed E-state index contributed by atoms with van der Waals surface area (Å²) in [5.74, 6) is 0.757. The molecule has 0 amide bonds. The summed E-state index contributed by atoms with van der Waals surface area (Å²) in [4.78, 5) is 12.5. The summed E-state index contributed by atoms with van der Waals surface area (Å²) in [7, 11) is 0. The molecule has 0 saturated heterocycles. The fraction of sp³-hybridized carbons (Fsp3) is 0.100. The molecule has 0 bridgehead atoms. The Morgan fingerprint density at radius 1 is 1.29 bits per heavy atom. The van der Waals surface area contributed by atoms with E-state index < -0.39 is 0 Å². The molecule has 3 nitrogen and oxygen atoms in total. The van der Waals surface area contributed by atoms with Gasteiger partial charge in [0.1, 0.15) is 5.82 Å². The average Bonchev–Trinajstić information content (AvgIpc) is 2.23. The standard InChI is InChI=1S/C10H8BrN3/c1-7-13-6-9(11)10(14-7)8-3-2-4-12-5-8/h2-6H,1H3. The predicted molar refractivity (Wildman–Crippen MR) is 57.7 cm³/mol. The number of nitrogens with zero attached hydrogens (tertiary/aromatic N) is 3.